The fourth-order valence-corrected chi connectivity index (χ4v) is 3.66. The highest BCUT2D eigenvalue weighted by Gasteiger charge is 2.25. The number of carboxylic acid groups (broad SMARTS) is 1. The van der Waals surface area contributed by atoms with Crippen LogP contribution < -0.4 is 14.8 Å². The number of amides is 1. The molecule has 11 nitrogen and oxygen atoms in total. The molecule has 1 saturated heterocycles. The SMILES string of the molecule is Cc1nc(NCCS(C)(=O)=O)ccc1Oc1ncnc(OC2CCN(C(=O)O)CC2)c1C. The first-order chi connectivity index (χ1) is 15.1. The second-order valence-electron chi connectivity index (χ2n) is 7.63. The van der Waals surface area contributed by atoms with Gasteiger partial charge in [0.2, 0.25) is 11.8 Å². The normalized spacial score (nSPS) is 14.8. The van der Waals surface area contributed by atoms with E-state index in [2.05, 4.69) is 20.3 Å². The van der Waals surface area contributed by atoms with Gasteiger partial charge in [-0.25, -0.2) is 28.2 Å². The molecule has 12 heteroatoms. The van der Waals surface area contributed by atoms with E-state index in [9.17, 15) is 13.2 Å². The summed E-state index contributed by atoms with van der Waals surface area (Å²) in [6.07, 6.45) is 2.66. The number of aromatic nitrogens is 3. The van der Waals surface area contributed by atoms with Gasteiger partial charge in [-0.2, -0.15) is 0 Å². The lowest BCUT2D eigenvalue weighted by atomic mass is 10.1. The summed E-state index contributed by atoms with van der Waals surface area (Å²) in [6.45, 7) is 4.68. The molecule has 0 unspecified atom stereocenters. The molecule has 2 aromatic rings. The molecule has 0 saturated carbocycles. The Kier molecular flexibility index (Phi) is 7.33. The second-order valence-corrected chi connectivity index (χ2v) is 9.89. The molecule has 3 heterocycles. The van der Waals surface area contributed by atoms with Crippen molar-refractivity contribution in [1.29, 1.82) is 0 Å². The molecule has 1 aliphatic heterocycles. The number of hydrogen-bond donors (Lipinski definition) is 2. The quantitative estimate of drug-likeness (QED) is 0.595. The molecule has 0 bridgehead atoms. The topological polar surface area (TPSA) is 144 Å². The molecule has 0 radical (unpaired) electrons. The summed E-state index contributed by atoms with van der Waals surface area (Å²) in [5, 5.41) is 12.0. The van der Waals surface area contributed by atoms with Crippen LogP contribution in [-0.2, 0) is 9.84 Å². The van der Waals surface area contributed by atoms with Crippen LogP contribution in [0.4, 0.5) is 10.6 Å². The number of aryl methyl sites for hydroxylation is 1. The standard InChI is InChI=1S/C20H27N5O6S/c1-13-18(30-15-6-9-25(10-7-15)20(26)27)22-12-23-19(13)31-16-4-5-17(24-14(16)2)21-8-11-32(3,28)29/h4-5,12,15H,6-11H2,1-3H3,(H,21,24)(H,26,27). The molecule has 0 aromatic carbocycles. The molecular formula is C20H27N5O6S. The van der Waals surface area contributed by atoms with Crippen molar-refractivity contribution in [3.05, 3.63) is 29.7 Å². The van der Waals surface area contributed by atoms with E-state index >= 15 is 0 Å². The van der Waals surface area contributed by atoms with Crippen molar-refractivity contribution in [2.45, 2.75) is 32.8 Å². The number of anilines is 1. The summed E-state index contributed by atoms with van der Waals surface area (Å²) in [4.78, 5) is 25.2. The molecule has 1 aliphatic rings. The predicted octanol–water partition coefficient (Wildman–Crippen LogP) is 2.26. The van der Waals surface area contributed by atoms with E-state index in [0.29, 0.717) is 60.5 Å². The molecule has 0 spiro atoms. The maximum Gasteiger partial charge on any atom is 0.407 e. The van der Waals surface area contributed by atoms with Gasteiger partial charge in [0.1, 0.15) is 28.1 Å². The van der Waals surface area contributed by atoms with Gasteiger partial charge < -0.3 is 24.8 Å². The Labute approximate surface area is 186 Å². The van der Waals surface area contributed by atoms with Crippen molar-refractivity contribution >= 4 is 21.7 Å². The van der Waals surface area contributed by atoms with E-state index in [0.717, 1.165) is 0 Å². The first-order valence-corrected chi connectivity index (χ1v) is 12.2. The van der Waals surface area contributed by atoms with Crippen LogP contribution >= 0.6 is 0 Å². The minimum Gasteiger partial charge on any atom is -0.474 e. The third-order valence-electron chi connectivity index (χ3n) is 5.01. The fourth-order valence-electron chi connectivity index (χ4n) is 3.19. The highest BCUT2D eigenvalue weighted by molar-refractivity contribution is 7.90. The first kappa shape index (κ1) is 23.5. The Hall–Kier alpha value is -3.15. The zero-order valence-electron chi connectivity index (χ0n) is 18.2. The van der Waals surface area contributed by atoms with E-state index in [1.807, 2.05) is 0 Å². The Morgan fingerprint density at radius 2 is 1.91 bits per heavy atom. The smallest absolute Gasteiger partial charge is 0.407 e. The number of likely N-dealkylation sites (tertiary alicyclic amines) is 1. The van der Waals surface area contributed by atoms with Crippen molar-refractivity contribution in [3.8, 4) is 17.5 Å². The van der Waals surface area contributed by atoms with Crippen molar-refractivity contribution in [2.75, 3.05) is 37.0 Å². The van der Waals surface area contributed by atoms with Crippen LogP contribution in [0.5, 0.6) is 17.5 Å². The Bertz CT molecular complexity index is 1070. The lowest BCUT2D eigenvalue weighted by Crippen LogP contribution is -2.41. The van der Waals surface area contributed by atoms with Crippen LogP contribution in [0.15, 0.2) is 18.5 Å². The van der Waals surface area contributed by atoms with Gasteiger partial charge in [0, 0.05) is 38.7 Å². The molecule has 0 atom stereocenters. The second kappa shape index (κ2) is 9.98. The summed E-state index contributed by atoms with van der Waals surface area (Å²) in [5.74, 6) is 1.80. The van der Waals surface area contributed by atoms with Crippen molar-refractivity contribution < 1.29 is 27.8 Å². The molecule has 0 aliphatic carbocycles. The Morgan fingerprint density at radius 3 is 2.53 bits per heavy atom. The molecule has 2 aromatic heterocycles. The van der Waals surface area contributed by atoms with Gasteiger partial charge in [-0.1, -0.05) is 0 Å². The summed E-state index contributed by atoms with van der Waals surface area (Å²) < 4.78 is 34.4. The molecule has 174 valence electrons. The number of nitrogens with one attached hydrogen (secondary N) is 1. The van der Waals surface area contributed by atoms with Crippen LogP contribution in [0, 0.1) is 13.8 Å². The monoisotopic (exact) mass is 465 g/mol. The average Bonchev–Trinajstić information content (AvgIpc) is 2.72. The molecule has 2 N–H and O–H groups in total. The number of pyridine rings is 1. The molecular weight excluding hydrogens is 438 g/mol. The summed E-state index contributed by atoms with van der Waals surface area (Å²) in [6, 6.07) is 3.43. The number of carbonyl (C=O) groups is 1. The van der Waals surface area contributed by atoms with Crippen LogP contribution in [0.25, 0.3) is 0 Å². The van der Waals surface area contributed by atoms with Gasteiger partial charge in [-0.3, -0.25) is 0 Å². The van der Waals surface area contributed by atoms with E-state index in [1.54, 1.807) is 26.0 Å². The summed E-state index contributed by atoms with van der Waals surface area (Å²) in [5.41, 5.74) is 1.23. The van der Waals surface area contributed by atoms with Gasteiger partial charge >= 0.3 is 6.09 Å². The van der Waals surface area contributed by atoms with E-state index in [4.69, 9.17) is 14.6 Å². The van der Waals surface area contributed by atoms with Crippen molar-refractivity contribution in [2.24, 2.45) is 0 Å². The van der Waals surface area contributed by atoms with Crippen LogP contribution in [-0.4, -0.2) is 77.2 Å². The third kappa shape index (κ3) is 6.42. The fraction of sp³-hybridized carbons (Fsp3) is 0.500. The number of ether oxygens (including phenoxy) is 2. The van der Waals surface area contributed by atoms with Gasteiger partial charge in [0.05, 0.1) is 17.0 Å². The van der Waals surface area contributed by atoms with Crippen molar-refractivity contribution in [3.63, 3.8) is 0 Å². The number of nitrogens with zero attached hydrogens (tertiary/aromatic N) is 4. The number of hydrogen-bond acceptors (Lipinski definition) is 9. The molecule has 1 fully saturated rings. The van der Waals surface area contributed by atoms with Crippen LogP contribution in [0.3, 0.4) is 0 Å². The number of piperidine rings is 1. The van der Waals surface area contributed by atoms with Crippen LogP contribution in [0.2, 0.25) is 0 Å². The highest BCUT2D eigenvalue weighted by Crippen LogP contribution is 2.30. The summed E-state index contributed by atoms with van der Waals surface area (Å²) >= 11 is 0. The van der Waals surface area contributed by atoms with Crippen molar-refractivity contribution in [1.82, 2.24) is 19.9 Å². The Morgan fingerprint density at radius 1 is 1.22 bits per heavy atom. The van der Waals surface area contributed by atoms with E-state index in [1.165, 1.54) is 17.5 Å². The average molecular weight is 466 g/mol. The van der Waals surface area contributed by atoms with E-state index in [-0.39, 0.29) is 18.4 Å². The first-order valence-electron chi connectivity index (χ1n) is 10.2. The summed E-state index contributed by atoms with van der Waals surface area (Å²) in [7, 11) is -3.05. The highest BCUT2D eigenvalue weighted by atomic mass is 32.2. The Balaban J connectivity index is 1.63. The predicted molar refractivity (Wildman–Crippen MR) is 117 cm³/mol. The molecule has 32 heavy (non-hydrogen) atoms. The number of rotatable bonds is 8. The van der Waals surface area contributed by atoms with Gasteiger partial charge in [0.25, 0.3) is 0 Å². The van der Waals surface area contributed by atoms with Gasteiger partial charge in [0.15, 0.2) is 5.75 Å². The van der Waals surface area contributed by atoms with Gasteiger partial charge in [-0.15, -0.1) is 0 Å². The van der Waals surface area contributed by atoms with Crippen LogP contribution in [0.1, 0.15) is 24.1 Å². The minimum atomic E-state index is -3.05. The maximum absolute atomic E-state index is 11.2. The van der Waals surface area contributed by atoms with E-state index < -0.39 is 15.9 Å². The minimum absolute atomic E-state index is 0.0181. The zero-order chi connectivity index (χ0) is 23.3. The molecule has 1 amide bonds. The lowest BCUT2D eigenvalue weighted by Gasteiger charge is -2.30. The van der Waals surface area contributed by atoms with Gasteiger partial charge in [-0.05, 0) is 26.0 Å². The molecule has 3 rings (SSSR count). The number of sulfone groups is 1. The lowest BCUT2D eigenvalue weighted by molar-refractivity contribution is 0.0864. The maximum atomic E-state index is 11.2. The third-order valence-corrected chi connectivity index (χ3v) is 5.95. The largest absolute Gasteiger partial charge is 0.474 e. The zero-order valence-corrected chi connectivity index (χ0v) is 19.1.